The number of pyridine rings is 1. The zero-order valence-electron chi connectivity index (χ0n) is 8.94. The molecule has 0 aromatic carbocycles. The first-order chi connectivity index (χ1) is 7.22. The molecule has 0 aliphatic rings. The molecule has 4 heteroatoms. The maximum Gasteiger partial charge on any atom is 0.158 e. The van der Waals surface area contributed by atoms with Crippen LogP contribution in [0.3, 0.4) is 0 Å². The Labute approximate surface area is 88.8 Å². The van der Waals surface area contributed by atoms with E-state index in [1.165, 1.54) is 0 Å². The van der Waals surface area contributed by atoms with E-state index in [0.29, 0.717) is 6.54 Å². The van der Waals surface area contributed by atoms with Crippen LogP contribution in [0.5, 0.6) is 0 Å². The molecule has 0 unspecified atom stereocenters. The number of hydrogen-bond acceptors (Lipinski definition) is 3. The summed E-state index contributed by atoms with van der Waals surface area (Å²) in [4.78, 5) is 4.31. The van der Waals surface area contributed by atoms with Crippen molar-refractivity contribution in [2.45, 2.75) is 20.4 Å². The third kappa shape index (κ3) is 1.76. The van der Waals surface area contributed by atoms with E-state index in [1.807, 2.05) is 36.7 Å². The summed E-state index contributed by atoms with van der Waals surface area (Å²) < 4.78 is 1.83. The topological polar surface area (TPSA) is 56.7 Å². The highest BCUT2D eigenvalue weighted by Crippen LogP contribution is 2.13. The molecular weight excluding hydrogens is 188 g/mol. The molecule has 2 aromatic heterocycles. The Hall–Kier alpha value is -1.68. The first-order valence-electron chi connectivity index (χ1n) is 4.90. The van der Waals surface area contributed by atoms with Crippen molar-refractivity contribution >= 4 is 0 Å². The van der Waals surface area contributed by atoms with Gasteiger partial charge in [-0.2, -0.15) is 5.10 Å². The van der Waals surface area contributed by atoms with Crippen LogP contribution >= 0.6 is 0 Å². The lowest BCUT2D eigenvalue weighted by Crippen LogP contribution is -2.08. The van der Waals surface area contributed by atoms with Gasteiger partial charge in [-0.25, -0.2) is 9.67 Å². The van der Waals surface area contributed by atoms with E-state index in [9.17, 15) is 0 Å². The van der Waals surface area contributed by atoms with Gasteiger partial charge in [-0.1, -0.05) is 6.07 Å². The van der Waals surface area contributed by atoms with E-state index < -0.39 is 0 Å². The second-order valence-electron chi connectivity index (χ2n) is 3.53. The molecule has 0 bridgehead atoms. The summed E-state index contributed by atoms with van der Waals surface area (Å²) in [5, 5.41) is 4.39. The predicted molar refractivity (Wildman–Crippen MR) is 58.7 cm³/mol. The molecule has 4 nitrogen and oxygen atoms in total. The van der Waals surface area contributed by atoms with Crippen LogP contribution < -0.4 is 5.73 Å². The van der Waals surface area contributed by atoms with Crippen LogP contribution in [0.15, 0.2) is 24.4 Å². The van der Waals surface area contributed by atoms with E-state index >= 15 is 0 Å². The summed E-state index contributed by atoms with van der Waals surface area (Å²) >= 11 is 0. The van der Waals surface area contributed by atoms with Gasteiger partial charge in [0.1, 0.15) is 0 Å². The number of rotatable bonds is 2. The number of nitrogens with two attached hydrogens (primary N) is 1. The standard InChI is InChI=1S/C11H14N4/c1-8-6-9(2)15(14-8)11-10(7-12)4-3-5-13-11/h3-6H,7,12H2,1-2H3. The van der Waals surface area contributed by atoms with Gasteiger partial charge in [0, 0.05) is 24.0 Å². The first-order valence-corrected chi connectivity index (χ1v) is 4.90. The minimum atomic E-state index is 0.474. The van der Waals surface area contributed by atoms with Crippen LogP contribution in [-0.4, -0.2) is 14.8 Å². The molecule has 2 N–H and O–H groups in total. The molecule has 0 spiro atoms. The maximum absolute atomic E-state index is 5.66. The van der Waals surface area contributed by atoms with Crippen molar-refractivity contribution in [2.75, 3.05) is 0 Å². The maximum atomic E-state index is 5.66. The number of nitrogens with zero attached hydrogens (tertiary/aromatic N) is 3. The summed E-state index contributed by atoms with van der Waals surface area (Å²) in [5.41, 5.74) is 8.72. The van der Waals surface area contributed by atoms with Crippen LogP contribution in [0.2, 0.25) is 0 Å². The molecule has 78 valence electrons. The van der Waals surface area contributed by atoms with Gasteiger partial charge in [0.2, 0.25) is 0 Å². The zero-order chi connectivity index (χ0) is 10.8. The smallest absolute Gasteiger partial charge is 0.158 e. The van der Waals surface area contributed by atoms with Crippen molar-refractivity contribution in [3.05, 3.63) is 41.3 Å². The van der Waals surface area contributed by atoms with Gasteiger partial charge in [0.25, 0.3) is 0 Å². The molecule has 15 heavy (non-hydrogen) atoms. The molecule has 0 fully saturated rings. The first kappa shape index (κ1) is 9.86. The van der Waals surface area contributed by atoms with E-state index in [4.69, 9.17) is 5.73 Å². The fraction of sp³-hybridized carbons (Fsp3) is 0.273. The normalized spacial score (nSPS) is 10.6. The van der Waals surface area contributed by atoms with Gasteiger partial charge >= 0.3 is 0 Å². The van der Waals surface area contributed by atoms with Crippen LogP contribution in [0, 0.1) is 13.8 Å². The third-order valence-electron chi connectivity index (χ3n) is 2.30. The summed E-state index contributed by atoms with van der Waals surface area (Å²) in [7, 11) is 0. The highest BCUT2D eigenvalue weighted by atomic mass is 15.3. The molecule has 0 radical (unpaired) electrons. The predicted octanol–water partition coefficient (Wildman–Crippen LogP) is 1.34. The van der Waals surface area contributed by atoms with Gasteiger partial charge in [0.15, 0.2) is 5.82 Å². The minimum Gasteiger partial charge on any atom is -0.326 e. The van der Waals surface area contributed by atoms with E-state index in [0.717, 1.165) is 22.8 Å². The Morgan fingerprint density at radius 3 is 2.80 bits per heavy atom. The minimum absolute atomic E-state index is 0.474. The zero-order valence-corrected chi connectivity index (χ0v) is 8.94. The van der Waals surface area contributed by atoms with E-state index in [1.54, 1.807) is 6.20 Å². The Morgan fingerprint density at radius 2 is 2.20 bits per heavy atom. The molecule has 0 atom stereocenters. The molecule has 0 saturated heterocycles. The largest absolute Gasteiger partial charge is 0.326 e. The van der Waals surface area contributed by atoms with Crippen molar-refractivity contribution in [1.29, 1.82) is 0 Å². The molecule has 0 amide bonds. The van der Waals surface area contributed by atoms with Crippen LogP contribution in [0.25, 0.3) is 5.82 Å². The van der Waals surface area contributed by atoms with Gasteiger partial charge in [-0.15, -0.1) is 0 Å². The molecular formula is C11H14N4. The molecule has 2 heterocycles. The fourth-order valence-corrected chi connectivity index (χ4v) is 1.62. The molecule has 2 rings (SSSR count). The van der Waals surface area contributed by atoms with Gasteiger partial charge < -0.3 is 5.73 Å². The second kappa shape index (κ2) is 3.82. The lowest BCUT2D eigenvalue weighted by molar-refractivity contribution is 0.789. The highest BCUT2D eigenvalue weighted by Gasteiger charge is 2.08. The summed E-state index contributed by atoms with van der Waals surface area (Å²) in [6.45, 7) is 4.45. The Morgan fingerprint density at radius 1 is 1.40 bits per heavy atom. The van der Waals surface area contributed by atoms with Crippen molar-refractivity contribution in [2.24, 2.45) is 5.73 Å². The fourth-order valence-electron chi connectivity index (χ4n) is 1.62. The van der Waals surface area contributed by atoms with E-state index in [2.05, 4.69) is 10.1 Å². The lowest BCUT2D eigenvalue weighted by Gasteiger charge is -2.07. The molecule has 0 aliphatic heterocycles. The van der Waals surface area contributed by atoms with Crippen LogP contribution in [-0.2, 0) is 6.54 Å². The molecule has 0 aliphatic carbocycles. The Bertz CT molecular complexity index is 473. The van der Waals surface area contributed by atoms with Crippen molar-refractivity contribution < 1.29 is 0 Å². The highest BCUT2D eigenvalue weighted by molar-refractivity contribution is 5.34. The van der Waals surface area contributed by atoms with Crippen LogP contribution in [0.1, 0.15) is 17.0 Å². The summed E-state index contributed by atoms with van der Waals surface area (Å²) in [6.07, 6.45) is 1.75. The van der Waals surface area contributed by atoms with Gasteiger partial charge in [-0.3, -0.25) is 0 Å². The third-order valence-corrected chi connectivity index (χ3v) is 2.30. The van der Waals surface area contributed by atoms with Crippen LogP contribution in [0.4, 0.5) is 0 Å². The SMILES string of the molecule is Cc1cc(C)n(-c2ncccc2CN)n1. The van der Waals surface area contributed by atoms with Crippen molar-refractivity contribution in [3.8, 4) is 5.82 Å². The Balaban J connectivity index is 2.58. The summed E-state index contributed by atoms with van der Waals surface area (Å²) in [5.74, 6) is 0.825. The van der Waals surface area contributed by atoms with Crippen molar-refractivity contribution in [3.63, 3.8) is 0 Å². The second-order valence-corrected chi connectivity index (χ2v) is 3.53. The summed E-state index contributed by atoms with van der Waals surface area (Å²) in [6, 6.07) is 5.88. The molecule has 2 aromatic rings. The van der Waals surface area contributed by atoms with Gasteiger partial charge in [0.05, 0.1) is 5.69 Å². The number of hydrogen-bond donors (Lipinski definition) is 1. The quantitative estimate of drug-likeness (QED) is 0.799. The number of aryl methyl sites for hydroxylation is 2. The van der Waals surface area contributed by atoms with Gasteiger partial charge in [-0.05, 0) is 26.0 Å². The lowest BCUT2D eigenvalue weighted by atomic mass is 10.2. The average Bonchev–Trinajstić information content (AvgIpc) is 2.57. The monoisotopic (exact) mass is 202 g/mol. The number of aromatic nitrogens is 3. The van der Waals surface area contributed by atoms with Crippen molar-refractivity contribution in [1.82, 2.24) is 14.8 Å². The Kier molecular flexibility index (Phi) is 2.51. The molecule has 0 saturated carbocycles. The van der Waals surface area contributed by atoms with E-state index in [-0.39, 0.29) is 0 Å². The average molecular weight is 202 g/mol.